The van der Waals surface area contributed by atoms with Crippen molar-refractivity contribution in [1.82, 2.24) is 0 Å². The molecule has 4 aliphatic rings. The lowest BCUT2D eigenvalue weighted by Gasteiger charge is -2.53. The van der Waals surface area contributed by atoms with E-state index in [4.69, 9.17) is 11.6 Å². The van der Waals surface area contributed by atoms with Crippen LogP contribution in [0, 0.1) is 29.1 Å². The normalized spacial score (nSPS) is 46.5. The summed E-state index contributed by atoms with van der Waals surface area (Å²) in [5.74, 6) is 3.25. The zero-order valence-electron chi connectivity index (χ0n) is 13.2. The molecule has 1 nitrogen and oxygen atoms in total. The number of Topliss-reactive ketones (excluding diaryl/α,β-unsaturated/α-hetero) is 1. The molecule has 3 saturated carbocycles. The maximum Gasteiger partial charge on any atom is 0.174 e. The van der Waals surface area contributed by atoms with Crippen molar-refractivity contribution in [2.45, 2.75) is 58.3 Å². The van der Waals surface area contributed by atoms with Gasteiger partial charge >= 0.3 is 0 Å². The number of carbonyl (C=O) groups is 1. The molecule has 0 aromatic heterocycles. The second kappa shape index (κ2) is 5.48. The Morgan fingerprint density at radius 2 is 1.95 bits per heavy atom. The second-order valence-corrected chi connectivity index (χ2v) is 8.85. The van der Waals surface area contributed by atoms with Gasteiger partial charge in [-0.15, -0.1) is 0 Å². The molecule has 0 aromatic rings. The van der Waals surface area contributed by atoms with E-state index in [1.165, 1.54) is 37.7 Å². The first-order valence-electron chi connectivity index (χ1n) is 8.77. The molecule has 0 N–H and O–H groups in total. The second-order valence-electron chi connectivity index (χ2n) is 8.01. The van der Waals surface area contributed by atoms with Gasteiger partial charge in [0, 0.05) is 6.42 Å². The molecule has 0 unspecified atom stereocenters. The van der Waals surface area contributed by atoms with E-state index in [1.807, 2.05) is 0 Å². The minimum atomic E-state index is 0.192. The lowest BCUT2D eigenvalue weighted by atomic mass is 9.52. The number of carbonyl (C=O) groups excluding carboxylic acids is 1. The smallest absolute Gasteiger partial charge is 0.174 e. The average molecular weight is 384 g/mol. The van der Waals surface area contributed by atoms with Crippen LogP contribution in [0.15, 0.2) is 21.2 Å². The molecule has 0 aromatic carbocycles. The monoisotopic (exact) mass is 382 g/mol. The molecule has 4 aliphatic carbocycles. The van der Waals surface area contributed by atoms with Gasteiger partial charge in [-0.3, -0.25) is 4.79 Å². The molecule has 0 bridgehead atoms. The van der Waals surface area contributed by atoms with Crippen LogP contribution in [0.4, 0.5) is 0 Å². The van der Waals surface area contributed by atoms with Gasteiger partial charge in [0.15, 0.2) is 5.78 Å². The summed E-state index contributed by atoms with van der Waals surface area (Å²) in [5.41, 5.74) is 3.37. The molecule has 22 heavy (non-hydrogen) atoms. The number of halogens is 2. The molecule has 3 fully saturated rings. The minimum Gasteiger partial charge on any atom is -0.293 e. The fraction of sp³-hybridized carbons (Fsp3) is 0.737. The topological polar surface area (TPSA) is 17.1 Å². The summed E-state index contributed by atoms with van der Waals surface area (Å²) >= 11 is 9.98. The zero-order chi connectivity index (χ0) is 15.5. The quantitative estimate of drug-likeness (QED) is 0.503. The third kappa shape index (κ3) is 2.05. The van der Waals surface area contributed by atoms with Crippen molar-refractivity contribution in [1.29, 1.82) is 0 Å². The van der Waals surface area contributed by atoms with Crippen LogP contribution in [0.3, 0.4) is 0 Å². The summed E-state index contributed by atoms with van der Waals surface area (Å²) in [4.78, 5) is 14.1. The number of hydrogen-bond donors (Lipinski definition) is 0. The lowest BCUT2D eigenvalue weighted by molar-refractivity contribution is -0.116. The summed E-state index contributed by atoms with van der Waals surface area (Å²) in [6, 6.07) is 0. The average Bonchev–Trinajstić information content (AvgIpc) is 2.87. The Balaban J connectivity index is 1.66. The van der Waals surface area contributed by atoms with E-state index in [1.54, 1.807) is 5.57 Å². The Morgan fingerprint density at radius 1 is 1.14 bits per heavy atom. The fourth-order valence-electron chi connectivity index (χ4n) is 6.26. The maximum absolute atomic E-state index is 11.9. The van der Waals surface area contributed by atoms with Gasteiger partial charge < -0.3 is 0 Å². The Labute approximate surface area is 146 Å². The molecule has 0 radical (unpaired) electrons. The third-order valence-electron chi connectivity index (χ3n) is 7.39. The molecular formula is C19H24BrClO. The van der Waals surface area contributed by atoms with Gasteiger partial charge in [-0.05, 0) is 84.6 Å². The Kier molecular flexibility index (Phi) is 3.85. The predicted molar refractivity (Wildman–Crippen MR) is 93.9 cm³/mol. The van der Waals surface area contributed by atoms with Gasteiger partial charge in [0.1, 0.15) is 0 Å². The van der Waals surface area contributed by atoms with Crippen LogP contribution in [-0.4, -0.2) is 5.78 Å². The molecule has 5 atom stereocenters. The van der Waals surface area contributed by atoms with Gasteiger partial charge in [0.2, 0.25) is 0 Å². The highest BCUT2D eigenvalue weighted by atomic mass is 79.9. The van der Waals surface area contributed by atoms with Crippen molar-refractivity contribution in [2.24, 2.45) is 29.1 Å². The van der Waals surface area contributed by atoms with Crippen molar-refractivity contribution < 1.29 is 4.79 Å². The standard InChI is InChI=1S/C19H24BrClO/c1-19-9-8-13-12-5-7-17(22)18(21)15(12)4-3-14(13)16(19)6-2-11(19)10-20/h10,12-14,16H,2-9H2,1H3/b11-10-/t12-,13-,14-,16+,19-/m1/s1. The van der Waals surface area contributed by atoms with E-state index in [-0.39, 0.29) is 5.78 Å². The van der Waals surface area contributed by atoms with Crippen molar-refractivity contribution in [3.63, 3.8) is 0 Å². The number of hydrogen-bond acceptors (Lipinski definition) is 1. The highest BCUT2D eigenvalue weighted by Crippen LogP contribution is 2.63. The van der Waals surface area contributed by atoms with Crippen molar-refractivity contribution in [3.05, 3.63) is 21.2 Å². The van der Waals surface area contributed by atoms with E-state index < -0.39 is 0 Å². The molecule has 0 spiro atoms. The largest absolute Gasteiger partial charge is 0.293 e. The molecule has 0 heterocycles. The zero-order valence-corrected chi connectivity index (χ0v) is 15.5. The fourth-order valence-corrected chi connectivity index (χ4v) is 7.34. The number of fused-ring (bicyclic) bond motifs is 5. The lowest BCUT2D eigenvalue weighted by Crippen LogP contribution is -2.45. The molecule has 0 amide bonds. The van der Waals surface area contributed by atoms with Crippen LogP contribution in [0.1, 0.15) is 58.3 Å². The van der Waals surface area contributed by atoms with Crippen LogP contribution < -0.4 is 0 Å². The molecule has 120 valence electrons. The van der Waals surface area contributed by atoms with Crippen LogP contribution in [-0.2, 0) is 4.79 Å². The summed E-state index contributed by atoms with van der Waals surface area (Å²) < 4.78 is 0. The van der Waals surface area contributed by atoms with Gasteiger partial charge in [-0.25, -0.2) is 0 Å². The summed E-state index contributed by atoms with van der Waals surface area (Å²) in [6.07, 6.45) is 9.28. The Hall–Kier alpha value is -0.0800. The van der Waals surface area contributed by atoms with Crippen molar-refractivity contribution in [3.8, 4) is 0 Å². The highest BCUT2D eigenvalue weighted by Gasteiger charge is 2.54. The Bertz CT molecular complexity index is 578. The minimum absolute atomic E-state index is 0.192. The number of rotatable bonds is 0. The first kappa shape index (κ1) is 15.4. The van der Waals surface area contributed by atoms with Crippen LogP contribution in [0.2, 0.25) is 0 Å². The van der Waals surface area contributed by atoms with Crippen molar-refractivity contribution in [2.75, 3.05) is 0 Å². The van der Waals surface area contributed by atoms with Crippen LogP contribution in [0.5, 0.6) is 0 Å². The van der Waals surface area contributed by atoms with E-state index >= 15 is 0 Å². The van der Waals surface area contributed by atoms with Crippen LogP contribution in [0.25, 0.3) is 0 Å². The molecule has 3 heteroatoms. The van der Waals surface area contributed by atoms with Gasteiger partial charge in [-0.1, -0.05) is 40.0 Å². The summed E-state index contributed by atoms with van der Waals surface area (Å²) in [6.45, 7) is 2.50. The first-order chi connectivity index (χ1) is 10.6. The predicted octanol–water partition coefficient (Wildman–Crippen LogP) is 5.97. The molecular weight excluding hydrogens is 360 g/mol. The Morgan fingerprint density at radius 3 is 2.73 bits per heavy atom. The van der Waals surface area contributed by atoms with Gasteiger partial charge in [0.25, 0.3) is 0 Å². The number of ketones is 1. The number of allylic oxidation sites excluding steroid dienone is 2. The third-order valence-corrected chi connectivity index (χ3v) is 8.40. The first-order valence-corrected chi connectivity index (χ1v) is 10.1. The SMILES string of the molecule is C[C@]12CC[C@H]3[C@@H](CCC4=C(Cl)C(=O)CC[C@@H]43)[C@@H]1CC/C2=C/Br. The maximum atomic E-state index is 11.9. The highest BCUT2D eigenvalue weighted by molar-refractivity contribution is 9.11. The molecule has 4 rings (SSSR count). The molecule has 0 aliphatic heterocycles. The van der Waals surface area contributed by atoms with E-state index in [9.17, 15) is 4.79 Å². The van der Waals surface area contributed by atoms with Crippen LogP contribution >= 0.6 is 27.5 Å². The van der Waals surface area contributed by atoms with Gasteiger partial charge in [-0.2, -0.15) is 0 Å². The van der Waals surface area contributed by atoms with E-state index in [2.05, 4.69) is 27.8 Å². The molecule has 0 saturated heterocycles. The summed E-state index contributed by atoms with van der Waals surface area (Å²) in [5, 5.41) is 0.607. The summed E-state index contributed by atoms with van der Waals surface area (Å²) in [7, 11) is 0. The van der Waals surface area contributed by atoms with E-state index in [0.29, 0.717) is 22.8 Å². The van der Waals surface area contributed by atoms with Crippen molar-refractivity contribution >= 4 is 33.3 Å². The van der Waals surface area contributed by atoms with Gasteiger partial charge in [0.05, 0.1) is 5.03 Å². The van der Waals surface area contributed by atoms with E-state index in [0.717, 1.165) is 30.6 Å².